The van der Waals surface area contributed by atoms with Crippen LogP contribution in [0.5, 0.6) is 0 Å². The van der Waals surface area contributed by atoms with Gasteiger partial charge in [-0.15, -0.1) is 11.3 Å². The fraction of sp³-hybridized carbons (Fsp3) is 0.583. The van der Waals surface area contributed by atoms with Crippen molar-refractivity contribution in [1.82, 2.24) is 10.3 Å². The largest absolute Gasteiger partial charge is 0.313 e. The van der Waals surface area contributed by atoms with Gasteiger partial charge >= 0.3 is 0 Å². The summed E-state index contributed by atoms with van der Waals surface area (Å²) in [7, 11) is 0. The van der Waals surface area contributed by atoms with E-state index < -0.39 is 0 Å². The third-order valence-electron chi connectivity index (χ3n) is 2.14. The molecule has 1 N–H and O–H groups in total. The van der Waals surface area contributed by atoms with E-state index in [0.29, 0.717) is 5.92 Å². The first-order chi connectivity index (χ1) is 7.22. The second-order valence-electron chi connectivity index (χ2n) is 4.05. The lowest BCUT2D eigenvalue weighted by Crippen LogP contribution is -2.21. The number of hydrogen-bond donors (Lipinski definition) is 1. The highest BCUT2D eigenvalue weighted by atomic mass is 32.1. The highest BCUT2D eigenvalue weighted by Crippen LogP contribution is 2.11. The standard InChI is InChI=1S/C12H20N2S/c1-4-11(9-13-8-10(2)3)7-12-14-5-6-15-12/h5-7,10,13H,4,8-9H2,1-3H3/b11-7-. The Bertz CT molecular complexity index is 289. The molecule has 0 aromatic carbocycles. The van der Waals surface area contributed by atoms with Crippen LogP contribution in [0.25, 0.3) is 6.08 Å². The van der Waals surface area contributed by atoms with Gasteiger partial charge in [-0.05, 0) is 25.0 Å². The Balaban J connectivity index is 2.42. The zero-order chi connectivity index (χ0) is 11.1. The maximum Gasteiger partial charge on any atom is 0.115 e. The van der Waals surface area contributed by atoms with E-state index in [4.69, 9.17) is 0 Å². The number of thiazole rings is 1. The van der Waals surface area contributed by atoms with Crippen LogP contribution >= 0.6 is 11.3 Å². The summed E-state index contributed by atoms with van der Waals surface area (Å²) in [5.74, 6) is 0.711. The summed E-state index contributed by atoms with van der Waals surface area (Å²) < 4.78 is 0. The predicted molar refractivity (Wildman–Crippen MR) is 68.1 cm³/mol. The molecule has 1 aromatic rings. The van der Waals surface area contributed by atoms with Crippen molar-refractivity contribution in [2.24, 2.45) is 5.92 Å². The van der Waals surface area contributed by atoms with E-state index in [1.54, 1.807) is 11.3 Å². The molecular weight excluding hydrogens is 204 g/mol. The molecule has 0 aliphatic carbocycles. The Morgan fingerprint density at radius 2 is 2.40 bits per heavy atom. The van der Waals surface area contributed by atoms with Crippen molar-refractivity contribution >= 4 is 17.4 Å². The fourth-order valence-corrected chi connectivity index (χ4v) is 1.90. The summed E-state index contributed by atoms with van der Waals surface area (Å²) in [5, 5.41) is 6.58. The zero-order valence-corrected chi connectivity index (χ0v) is 10.6. The van der Waals surface area contributed by atoms with Gasteiger partial charge in [-0.1, -0.05) is 26.3 Å². The van der Waals surface area contributed by atoms with Gasteiger partial charge in [0.1, 0.15) is 5.01 Å². The lowest BCUT2D eigenvalue weighted by molar-refractivity contribution is 0.569. The van der Waals surface area contributed by atoms with Gasteiger partial charge in [0, 0.05) is 18.1 Å². The maximum absolute atomic E-state index is 4.26. The number of nitrogens with one attached hydrogen (secondary N) is 1. The van der Waals surface area contributed by atoms with Gasteiger partial charge in [0.25, 0.3) is 0 Å². The topological polar surface area (TPSA) is 24.9 Å². The Hall–Kier alpha value is -0.670. The van der Waals surface area contributed by atoms with Crippen LogP contribution in [0.4, 0.5) is 0 Å². The highest BCUT2D eigenvalue weighted by Gasteiger charge is 1.98. The van der Waals surface area contributed by atoms with E-state index in [1.807, 2.05) is 11.6 Å². The number of aromatic nitrogens is 1. The van der Waals surface area contributed by atoms with Crippen molar-refractivity contribution in [2.45, 2.75) is 27.2 Å². The molecule has 0 amide bonds. The van der Waals surface area contributed by atoms with Crippen molar-refractivity contribution in [3.8, 4) is 0 Å². The monoisotopic (exact) mass is 224 g/mol. The summed E-state index contributed by atoms with van der Waals surface area (Å²) in [6.07, 6.45) is 5.13. The predicted octanol–water partition coefficient (Wildman–Crippen LogP) is 3.18. The van der Waals surface area contributed by atoms with Crippen molar-refractivity contribution in [3.63, 3.8) is 0 Å². The third-order valence-corrected chi connectivity index (χ3v) is 2.86. The van der Waals surface area contributed by atoms with Crippen molar-refractivity contribution in [2.75, 3.05) is 13.1 Å². The Morgan fingerprint density at radius 3 is 2.93 bits per heavy atom. The molecule has 0 saturated carbocycles. The second-order valence-corrected chi connectivity index (χ2v) is 4.98. The van der Waals surface area contributed by atoms with E-state index in [1.165, 1.54) is 5.57 Å². The molecular formula is C12H20N2S. The molecule has 1 heterocycles. The van der Waals surface area contributed by atoms with E-state index in [-0.39, 0.29) is 0 Å². The van der Waals surface area contributed by atoms with Crippen LogP contribution in [-0.4, -0.2) is 18.1 Å². The molecule has 0 aliphatic rings. The van der Waals surface area contributed by atoms with Crippen LogP contribution < -0.4 is 5.32 Å². The van der Waals surface area contributed by atoms with Crippen LogP contribution in [0.2, 0.25) is 0 Å². The molecule has 0 bridgehead atoms. The molecule has 0 aliphatic heterocycles. The van der Waals surface area contributed by atoms with Crippen molar-refractivity contribution < 1.29 is 0 Å². The van der Waals surface area contributed by atoms with E-state index in [2.05, 4.69) is 37.1 Å². The summed E-state index contributed by atoms with van der Waals surface area (Å²) in [5.41, 5.74) is 1.42. The van der Waals surface area contributed by atoms with Crippen LogP contribution in [0.15, 0.2) is 17.2 Å². The molecule has 1 rings (SSSR count). The van der Waals surface area contributed by atoms with E-state index >= 15 is 0 Å². The molecule has 84 valence electrons. The van der Waals surface area contributed by atoms with Gasteiger partial charge in [0.05, 0.1) is 0 Å². The molecule has 1 aromatic heterocycles. The van der Waals surface area contributed by atoms with Gasteiger partial charge in [-0.25, -0.2) is 4.98 Å². The Labute approximate surface area is 96.4 Å². The third kappa shape index (κ3) is 5.09. The normalized spacial score (nSPS) is 12.4. The van der Waals surface area contributed by atoms with Crippen LogP contribution in [0.3, 0.4) is 0 Å². The number of nitrogens with zero attached hydrogens (tertiary/aromatic N) is 1. The molecule has 0 atom stereocenters. The molecule has 0 unspecified atom stereocenters. The molecule has 0 spiro atoms. The minimum atomic E-state index is 0.711. The molecule has 0 saturated heterocycles. The number of rotatable bonds is 6. The average Bonchev–Trinajstić information content (AvgIpc) is 2.68. The molecule has 2 nitrogen and oxygen atoms in total. The lowest BCUT2D eigenvalue weighted by Gasteiger charge is -2.08. The first kappa shape index (κ1) is 12.4. The van der Waals surface area contributed by atoms with E-state index in [9.17, 15) is 0 Å². The SMILES string of the molecule is CC/C(=C/c1nccs1)CNCC(C)C. The number of hydrogen-bond acceptors (Lipinski definition) is 3. The highest BCUT2D eigenvalue weighted by molar-refractivity contribution is 7.10. The fourth-order valence-electron chi connectivity index (χ4n) is 1.28. The zero-order valence-electron chi connectivity index (χ0n) is 9.79. The molecule has 3 heteroatoms. The van der Waals surface area contributed by atoms with E-state index in [0.717, 1.165) is 24.5 Å². The van der Waals surface area contributed by atoms with Gasteiger partial charge in [0.2, 0.25) is 0 Å². The molecule has 15 heavy (non-hydrogen) atoms. The second kappa shape index (κ2) is 6.75. The van der Waals surface area contributed by atoms with Crippen LogP contribution in [-0.2, 0) is 0 Å². The average molecular weight is 224 g/mol. The van der Waals surface area contributed by atoms with Crippen LogP contribution in [0.1, 0.15) is 32.2 Å². The minimum absolute atomic E-state index is 0.711. The van der Waals surface area contributed by atoms with Gasteiger partial charge in [-0.3, -0.25) is 0 Å². The summed E-state index contributed by atoms with van der Waals surface area (Å²) in [4.78, 5) is 4.26. The van der Waals surface area contributed by atoms with Crippen LogP contribution in [0, 0.1) is 5.92 Å². The van der Waals surface area contributed by atoms with Crippen molar-refractivity contribution in [3.05, 3.63) is 22.2 Å². The lowest BCUT2D eigenvalue weighted by atomic mass is 10.1. The van der Waals surface area contributed by atoms with Gasteiger partial charge in [-0.2, -0.15) is 0 Å². The smallest absolute Gasteiger partial charge is 0.115 e. The Kier molecular flexibility index (Phi) is 5.58. The molecule has 0 fully saturated rings. The first-order valence-electron chi connectivity index (χ1n) is 5.52. The first-order valence-corrected chi connectivity index (χ1v) is 6.40. The summed E-state index contributed by atoms with van der Waals surface area (Å²) >= 11 is 1.69. The quantitative estimate of drug-likeness (QED) is 0.802. The summed E-state index contributed by atoms with van der Waals surface area (Å²) in [6.45, 7) is 8.70. The van der Waals surface area contributed by atoms with Gasteiger partial charge in [0.15, 0.2) is 0 Å². The van der Waals surface area contributed by atoms with Gasteiger partial charge < -0.3 is 5.32 Å². The maximum atomic E-state index is 4.26. The minimum Gasteiger partial charge on any atom is -0.313 e. The Morgan fingerprint density at radius 1 is 1.60 bits per heavy atom. The van der Waals surface area contributed by atoms with Crippen molar-refractivity contribution in [1.29, 1.82) is 0 Å². The molecule has 0 radical (unpaired) electrons. The summed E-state index contributed by atoms with van der Waals surface area (Å²) in [6, 6.07) is 0.